The number of allylic oxidation sites excluding steroid dienone is 1. The van der Waals surface area contributed by atoms with Gasteiger partial charge in [-0.25, -0.2) is 13.8 Å². The molecule has 33 heavy (non-hydrogen) atoms. The zero-order valence-corrected chi connectivity index (χ0v) is 20.1. The van der Waals surface area contributed by atoms with Gasteiger partial charge in [0.05, 0.1) is 11.6 Å². The number of anilines is 1. The number of carbonyl (C=O) groups excluding carboxylic acids is 1. The van der Waals surface area contributed by atoms with E-state index in [2.05, 4.69) is 43.0 Å². The number of nitrogens with zero attached hydrogens (tertiary/aromatic N) is 1. The van der Waals surface area contributed by atoms with Crippen LogP contribution in [-0.2, 0) is 4.79 Å². The van der Waals surface area contributed by atoms with E-state index in [0.717, 1.165) is 31.4 Å². The van der Waals surface area contributed by atoms with Gasteiger partial charge in [0.2, 0.25) is 12.3 Å². The zero-order valence-electron chi connectivity index (χ0n) is 20.1. The van der Waals surface area contributed by atoms with Crippen LogP contribution >= 0.6 is 0 Å². The number of halogens is 2. The average molecular weight is 459 g/mol. The maximum absolute atomic E-state index is 13.9. The van der Waals surface area contributed by atoms with Crippen LogP contribution in [0.25, 0.3) is 0 Å². The second-order valence-electron chi connectivity index (χ2n) is 8.59. The maximum atomic E-state index is 13.9. The molecule has 5 nitrogen and oxygen atoms in total. The number of amidine groups is 1. The van der Waals surface area contributed by atoms with E-state index in [1.165, 1.54) is 6.20 Å². The number of amides is 1. The lowest BCUT2D eigenvalue weighted by atomic mass is 9.84. The predicted octanol–water partition coefficient (Wildman–Crippen LogP) is 6.33. The van der Waals surface area contributed by atoms with E-state index in [9.17, 15) is 13.6 Å². The van der Waals surface area contributed by atoms with Gasteiger partial charge < -0.3 is 10.6 Å². The van der Waals surface area contributed by atoms with Crippen molar-refractivity contribution in [1.82, 2.24) is 5.32 Å². The fourth-order valence-corrected chi connectivity index (χ4v) is 4.16. The highest BCUT2D eigenvalue weighted by Gasteiger charge is 2.37. The van der Waals surface area contributed by atoms with Crippen molar-refractivity contribution in [1.29, 1.82) is 5.41 Å². The minimum absolute atomic E-state index is 0.0414. The van der Waals surface area contributed by atoms with Gasteiger partial charge in [-0.15, -0.1) is 0 Å². The van der Waals surface area contributed by atoms with Crippen molar-refractivity contribution in [3.63, 3.8) is 0 Å². The van der Waals surface area contributed by atoms with Gasteiger partial charge in [0.15, 0.2) is 0 Å². The average Bonchev–Trinajstić information content (AvgIpc) is 2.80. The lowest BCUT2D eigenvalue weighted by Crippen LogP contribution is -2.44. The first-order chi connectivity index (χ1) is 15.7. The van der Waals surface area contributed by atoms with E-state index >= 15 is 0 Å². The summed E-state index contributed by atoms with van der Waals surface area (Å²) in [5, 5.41) is 15.1. The number of para-hydroxylation sites is 1. The van der Waals surface area contributed by atoms with Gasteiger partial charge in [-0.3, -0.25) is 10.2 Å². The molecular formula is C26H36F2N4O. The van der Waals surface area contributed by atoms with E-state index in [0.29, 0.717) is 17.1 Å². The molecule has 1 saturated heterocycles. The van der Waals surface area contributed by atoms with Crippen LogP contribution in [0.15, 0.2) is 53.2 Å². The monoisotopic (exact) mass is 458 g/mol. The van der Waals surface area contributed by atoms with Crippen LogP contribution in [0.1, 0.15) is 65.4 Å². The van der Waals surface area contributed by atoms with Gasteiger partial charge in [0, 0.05) is 35.5 Å². The number of rotatable bonds is 11. The third kappa shape index (κ3) is 6.59. The molecule has 1 fully saturated rings. The molecule has 3 unspecified atom stereocenters. The summed E-state index contributed by atoms with van der Waals surface area (Å²) in [6.45, 7) is 11.7. The number of hydrogen-bond donors (Lipinski definition) is 3. The van der Waals surface area contributed by atoms with Gasteiger partial charge in [-0.1, -0.05) is 64.8 Å². The number of benzene rings is 1. The maximum Gasteiger partial charge on any atom is 0.246 e. The second-order valence-corrected chi connectivity index (χ2v) is 8.59. The summed E-state index contributed by atoms with van der Waals surface area (Å²) in [6.07, 6.45) is 2.36. The molecule has 3 N–H and O–H groups in total. The van der Waals surface area contributed by atoms with Crippen molar-refractivity contribution in [3.8, 4) is 0 Å². The highest BCUT2D eigenvalue weighted by molar-refractivity contribution is 6.20. The Labute approximate surface area is 196 Å². The van der Waals surface area contributed by atoms with Crippen LogP contribution < -0.4 is 10.6 Å². The summed E-state index contributed by atoms with van der Waals surface area (Å²) in [5.41, 5.74) is 2.12. The lowest BCUT2D eigenvalue weighted by molar-refractivity contribution is -0.122. The molecule has 0 saturated carbocycles. The van der Waals surface area contributed by atoms with E-state index < -0.39 is 18.3 Å². The van der Waals surface area contributed by atoms with Crippen LogP contribution in [0.3, 0.4) is 0 Å². The molecule has 3 atom stereocenters. The summed E-state index contributed by atoms with van der Waals surface area (Å²) in [4.78, 5) is 16.0. The van der Waals surface area contributed by atoms with Crippen LogP contribution in [0.5, 0.6) is 0 Å². The summed E-state index contributed by atoms with van der Waals surface area (Å²) in [5.74, 6) is -1.35. The number of aliphatic imine (C=N–C) groups is 1. The topological polar surface area (TPSA) is 77.3 Å². The van der Waals surface area contributed by atoms with E-state index in [-0.39, 0.29) is 29.6 Å². The molecule has 0 aromatic heterocycles. The molecule has 1 heterocycles. The third-order valence-corrected chi connectivity index (χ3v) is 6.33. The van der Waals surface area contributed by atoms with Gasteiger partial charge >= 0.3 is 0 Å². The second kappa shape index (κ2) is 12.4. The minimum atomic E-state index is -2.75. The molecule has 1 aliphatic heterocycles. The molecule has 0 spiro atoms. The first-order valence-electron chi connectivity index (χ1n) is 11.7. The van der Waals surface area contributed by atoms with E-state index in [1.807, 2.05) is 24.3 Å². The Kier molecular flexibility index (Phi) is 9.95. The molecule has 0 bridgehead atoms. The molecular weight excluding hydrogens is 422 g/mol. The number of piperidine rings is 1. The Morgan fingerprint density at radius 3 is 2.67 bits per heavy atom. The van der Waals surface area contributed by atoms with Crippen molar-refractivity contribution in [2.75, 3.05) is 5.32 Å². The normalized spacial score (nSPS) is 20.9. The SMILES string of the molecule is C=CN=C1NC(=O)CC(C(F)F)/C1=C(/C)C(=N)c1ccccc1NC(CCCC)C(C)CC. The zero-order chi connectivity index (χ0) is 24.5. The summed E-state index contributed by atoms with van der Waals surface area (Å²) >= 11 is 0. The Bertz CT molecular complexity index is 923. The van der Waals surface area contributed by atoms with Crippen molar-refractivity contribution >= 4 is 23.1 Å². The third-order valence-electron chi connectivity index (χ3n) is 6.33. The molecule has 7 heteroatoms. The highest BCUT2D eigenvalue weighted by Crippen LogP contribution is 2.32. The van der Waals surface area contributed by atoms with Crippen molar-refractivity contribution in [2.45, 2.75) is 72.3 Å². The molecule has 1 amide bonds. The van der Waals surface area contributed by atoms with Gasteiger partial charge in [-0.2, -0.15) is 0 Å². The first-order valence-corrected chi connectivity index (χ1v) is 11.7. The van der Waals surface area contributed by atoms with E-state index in [4.69, 9.17) is 5.41 Å². The van der Waals surface area contributed by atoms with Gasteiger partial charge in [0.1, 0.15) is 5.84 Å². The molecule has 0 aliphatic carbocycles. The van der Waals surface area contributed by atoms with Gasteiger partial charge in [0.25, 0.3) is 0 Å². The van der Waals surface area contributed by atoms with Crippen molar-refractivity contribution in [3.05, 3.63) is 53.8 Å². The molecule has 180 valence electrons. The largest absolute Gasteiger partial charge is 0.381 e. The Hall–Kier alpha value is -2.83. The van der Waals surface area contributed by atoms with Crippen LogP contribution in [0, 0.1) is 17.2 Å². The number of carbonyl (C=O) groups is 1. The Morgan fingerprint density at radius 1 is 1.36 bits per heavy atom. The van der Waals surface area contributed by atoms with Gasteiger partial charge in [-0.05, 0) is 30.9 Å². The quantitative estimate of drug-likeness (QED) is 0.339. The van der Waals surface area contributed by atoms with Crippen LogP contribution in [0.4, 0.5) is 14.5 Å². The summed E-state index contributed by atoms with van der Waals surface area (Å²) < 4.78 is 27.8. The van der Waals surface area contributed by atoms with Crippen molar-refractivity contribution < 1.29 is 13.6 Å². The lowest BCUT2D eigenvalue weighted by Gasteiger charge is -2.29. The fourth-order valence-electron chi connectivity index (χ4n) is 4.16. The number of alkyl halides is 2. The Balaban J connectivity index is 2.51. The molecule has 0 radical (unpaired) electrons. The smallest absolute Gasteiger partial charge is 0.246 e. The number of unbranched alkanes of at least 4 members (excludes halogenated alkanes) is 1. The fraction of sp³-hybridized carbons (Fsp3) is 0.500. The highest BCUT2D eigenvalue weighted by atomic mass is 19.3. The number of nitrogens with one attached hydrogen (secondary N) is 3. The predicted molar refractivity (Wildman–Crippen MR) is 132 cm³/mol. The Morgan fingerprint density at radius 2 is 2.06 bits per heavy atom. The number of hydrogen-bond acceptors (Lipinski definition) is 4. The first kappa shape index (κ1) is 26.4. The van der Waals surface area contributed by atoms with Crippen LogP contribution in [0.2, 0.25) is 0 Å². The minimum Gasteiger partial charge on any atom is -0.381 e. The molecule has 1 aliphatic rings. The van der Waals surface area contributed by atoms with Crippen molar-refractivity contribution in [2.24, 2.45) is 16.8 Å². The molecule has 1 aromatic rings. The molecule has 1 aromatic carbocycles. The van der Waals surface area contributed by atoms with Crippen LogP contribution in [-0.4, -0.2) is 29.9 Å². The molecule has 2 rings (SSSR count). The summed E-state index contributed by atoms with van der Waals surface area (Å²) in [6, 6.07) is 7.74. The summed E-state index contributed by atoms with van der Waals surface area (Å²) in [7, 11) is 0. The standard InChI is InChI=1S/C26H36F2N4O/c1-6-9-13-20(16(4)7-2)31-21-14-11-10-12-18(21)24(29)17(5)23-19(25(27)28)15-22(33)32-26(23)30-8-3/h8,10-12,14,16,19-20,25,29,31H,3,6-7,9,13,15H2,1-2,4-5H3,(H,30,32,33)/b23-17+,29-24?. The van der Waals surface area contributed by atoms with E-state index in [1.54, 1.807) is 6.92 Å².